The molecule has 6 nitrogen and oxygen atoms in total. The van der Waals surface area contributed by atoms with Gasteiger partial charge in [0.1, 0.15) is 12.7 Å². The highest BCUT2D eigenvalue weighted by Crippen LogP contribution is 1.94. The lowest BCUT2D eigenvalue weighted by atomic mass is 10.4. The van der Waals surface area contributed by atoms with Crippen LogP contribution in [0.1, 0.15) is 10.6 Å². The normalized spacial score (nSPS) is 11.0. The molecule has 0 amide bonds. The quantitative estimate of drug-likeness (QED) is 0.661. The summed E-state index contributed by atoms with van der Waals surface area (Å²) in [6.07, 6.45) is 9.10. The number of nitrogens with zero attached hydrogens (tertiary/aromatic N) is 5. The summed E-state index contributed by atoms with van der Waals surface area (Å²) < 4.78 is 2.95. The second-order valence-electron chi connectivity index (χ2n) is 2.92. The van der Waals surface area contributed by atoms with E-state index in [-0.39, 0.29) is 5.91 Å². The Bertz CT molecular complexity index is 482. The van der Waals surface area contributed by atoms with Crippen LogP contribution in [0, 0.1) is 0 Å². The first-order valence-corrected chi connectivity index (χ1v) is 4.32. The van der Waals surface area contributed by atoms with Crippen molar-refractivity contribution >= 4 is 12.0 Å². The Balaban J connectivity index is 2.09. The summed E-state index contributed by atoms with van der Waals surface area (Å²) in [7, 11) is 1.77. The monoisotopic (exact) mass is 203 g/mol. The molecule has 0 N–H and O–H groups in total. The van der Waals surface area contributed by atoms with Gasteiger partial charge in [0.15, 0.2) is 5.82 Å². The molecule has 0 radical (unpaired) electrons. The Morgan fingerprint density at radius 1 is 1.47 bits per heavy atom. The highest BCUT2D eigenvalue weighted by atomic mass is 16.1. The molecule has 2 rings (SSSR count). The van der Waals surface area contributed by atoms with Gasteiger partial charge in [-0.3, -0.25) is 14.0 Å². The van der Waals surface area contributed by atoms with E-state index in [1.54, 1.807) is 36.5 Å². The van der Waals surface area contributed by atoms with Gasteiger partial charge in [-0.1, -0.05) is 0 Å². The number of carbonyl (C=O) groups excluding carboxylic acids is 1. The second-order valence-corrected chi connectivity index (χ2v) is 2.92. The van der Waals surface area contributed by atoms with Crippen molar-refractivity contribution in [1.82, 2.24) is 24.3 Å². The minimum absolute atomic E-state index is 0.181. The number of aryl methyl sites for hydroxylation is 1. The number of imidazole rings is 1. The Hall–Kier alpha value is -2.24. The average Bonchev–Trinajstić information content (AvgIpc) is 2.84. The standard InChI is InChI=1S/C9H9N5O/c1-13-7-11-8(12-13)2-3-9(15)14-5-4-10-6-14/h2-7H,1H3/b3-2+. The largest absolute Gasteiger partial charge is 0.273 e. The van der Waals surface area contributed by atoms with Gasteiger partial charge < -0.3 is 0 Å². The van der Waals surface area contributed by atoms with Crippen LogP contribution >= 0.6 is 0 Å². The van der Waals surface area contributed by atoms with E-state index in [0.717, 1.165) is 0 Å². The number of aromatic nitrogens is 5. The molecule has 0 spiro atoms. The van der Waals surface area contributed by atoms with Crippen molar-refractivity contribution in [2.45, 2.75) is 0 Å². The van der Waals surface area contributed by atoms with Crippen molar-refractivity contribution < 1.29 is 4.79 Å². The van der Waals surface area contributed by atoms with Crippen LogP contribution in [0.3, 0.4) is 0 Å². The molecule has 0 unspecified atom stereocenters. The lowest BCUT2D eigenvalue weighted by Gasteiger charge is -1.91. The molecule has 0 atom stereocenters. The third-order valence-corrected chi connectivity index (χ3v) is 1.75. The van der Waals surface area contributed by atoms with Gasteiger partial charge in [-0.15, -0.1) is 0 Å². The fourth-order valence-corrected chi connectivity index (χ4v) is 1.05. The molecular weight excluding hydrogens is 194 g/mol. The number of carbonyl (C=O) groups is 1. The molecule has 15 heavy (non-hydrogen) atoms. The van der Waals surface area contributed by atoms with Gasteiger partial charge >= 0.3 is 0 Å². The first-order valence-electron chi connectivity index (χ1n) is 4.32. The van der Waals surface area contributed by atoms with Crippen LogP contribution < -0.4 is 0 Å². The topological polar surface area (TPSA) is 65.6 Å². The maximum atomic E-state index is 11.5. The molecule has 76 valence electrons. The summed E-state index contributed by atoms with van der Waals surface area (Å²) in [5, 5.41) is 4.01. The summed E-state index contributed by atoms with van der Waals surface area (Å²) >= 11 is 0. The van der Waals surface area contributed by atoms with Gasteiger partial charge in [0.2, 0.25) is 0 Å². The van der Waals surface area contributed by atoms with Crippen molar-refractivity contribution in [2.24, 2.45) is 7.05 Å². The van der Waals surface area contributed by atoms with Crippen molar-refractivity contribution in [3.63, 3.8) is 0 Å². The van der Waals surface area contributed by atoms with Crippen molar-refractivity contribution in [3.8, 4) is 0 Å². The first-order chi connectivity index (χ1) is 7.25. The molecular formula is C9H9N5O. The Morgan fingerprint density at radius 3 is 2.93 bits per heavy atom. The van der Waals surface area contributed by atoms with Crippen LogP contribution in [0.15, 0.2) is 31.1 Å². The Labute approximate surface area is 85.9 Å². The van der Waals surface area contributed by atoms with Gasteiger partial charge in [-0.05, 0) is 6.08 Å². The van der Waals surface area contributed by atoms with E-state index in [4.69, 9.17) is 0 Å². The Kier molecular flexibility index (Phi) is 2.40. The lowest BCUT2D eigenvalue weighted by molar-refractivity contribution is 0.0969. The van der Waals surface area contributed by atoms with E-state index in [1.165, 1.54) is 17.0 Å². The summed E-state index contributed by atoms with van der Waals surface area (Å²) in [5.74, 6) is 0.325. The molecule has 0 aliphatic rings. The van der Waals surface area contributed by atoms with E-state index in [0.29, 0.717) is 5.82 Å². The van der Waals surface area contributed by atoms with Crippen LogP contribution in [-0.4, -0.2) is 30.2 Å². The maximum Gasteiger partial charge on any atom is 0.255 e. The lowest BCUT2D eigenvalue weighted by Crippen LogP contribution is -2.03. The van der Waals surface area contributed by atoms with Crippen LogP contribution in [0.2, 0.25) is 0 Å². The maximum absolute atomic E-state index is 11.5. The van der Waals surface area contributed by atoms with Gasteiger partial charge in [0.05, 0.1) is 0 Å². The zero-order chi connectivity index (χ0) is 10.7. The summed E-state index contributed by atoms with van der Waals surface area (Å²) in [5.41, 5.74) is 0. The smallest absolute Gasteiger partial charge is 0.255 e. The van der Waals surface area contributed by atoms with E-state index in [9.17, 15) is 4.79 Å². The molecule has 0 aliphatic carbocycles. The molecule has 0 fully saturated rings. The molecule has 6 heteroatoms. The molecule has 2 aromatic heterocycles. The Morgan fingerprint density at radius 2 is 2.33 bits per heavy atom. The third-order valence-electron chi connectivity index (χ3n) is 1.75. The van der Waals surface area contributed by atoms with E-state index in [1.807, 2.05) is 0 Å². The molecule has 0 bridgehead atoms. The summed E-state index contributed by atoms with van der Waals surface area (Å²) in [4.78, 5) is 19.2. The van der Waals surface area contributed by atoms with Crippen LogP contribution in [0.25, 0.3) is 6.08 Å². The number of allylic oxidation sites excluding steroid dienone is 1. The summed E-state index contributed by atoms with van der Waals surface area (Å²) in [6, 6.07) is 0. The zero-order valence-corrected chi connectivity index (χ0v) is 8.11. The van der Waals surface area contributed by atoms with E-state index < -0.39 is 0 Å². The zero-order valence-electron chi connectivity index (χ0n) is 8.11. The predicted molar refractivity (Wildman–Crippen MR) is 52.9 cm³/mol. The minimum Gasteiger partial charge on any atom is -0.273 e. The van der Waals surface area contributed by atoms with Gasteiger partial charge in [0, 0.05) is 25.5 Å². The first kappa shape index (κ1) is 9.32. The highest BCUT2D eigenvalue weighted by Gasteiger charge is 1.99. The van der Waals surface area contributed by atoms with Crippen LogP contribution in [0.4, 0.5) is 0 Å². The van der Waals surface area contributed by atoms with Crippen molar-refractivity contribution in [3.05, 3.63) is 36.9 Å². The third kappa shape index (κ3) is 2.16. The fraction of sp³-hybridized carbons (Fsp3) is 0.111. The van der Waals surface area contributed by atoms with Gasteiger partial charge in [-0.25, -0.2) is 9.97 Å². The molecule has 2 aromatic rings. The number of rotatable bonds is 2. The molecule has 0 saturated heterocycles. The van der Waals surface area contributed by atoms with Crippen molar-refractivity contribution in [2.75, 3.05) is 0 Å². The average molecular weight is 203 g/mol. The number of hydrogen-bond acceptors (Lipinski definition) is 4. The summed E-state index contributed by atoms with van der Waals surface area (Å²) in [6.45, 7) is 0. The van der Waals surface area contributed by atoms with Crippen LogP contribution in [0.5, 0.6) is 0 Å². The highest BCUT2D eigenvalue weighted by molar-refractivity contribution is 5.93. The van der Waals surface area contributed by atoms with E-state index >= 15 is 0 Å². The molecule has 0 aromatic carbocycles. The SMILES string of the molecule is Cn1cnc(/C=C/C(=O)n2ccnc2)n1. The molecule has 0 saturated carbocycles. The number of hydrogen-bond donors (Lipinski definition) is 0. The van der Waals surface area contributed by atoms with Crippen LogP contribution in [-0.2, 0) is 7.05 Å². The fourth-order valence-electron chi connectivity index (χ4n) is 1.05. The molecule has 2 heterocycles. The minimum atomic E-state index is -0.181. The predicted octanol–water partition coefficient (Wildman–Crippen LogP) is 0.365. The second kappa shape index (κ2) is 3.87. The van der Waals surface area contributed by atoms with E-state index in [2.05, 4.69) is 15.1 Å². The molecule has 0 aliphatic heterocycles. The van der Waals surface area contributed by atoms with Gasteiger partial charge in [0.25, 0.3) is 5.91 Å². The van der Waals surface area contributed by atoms with Crippen molar-refractivity contribution in [1.29, 1.82) is 0 Å². The van der Waals surface area contributed by atoms with Gasteiger partial charge in [-0.2, -0.15) is 5.10 Å².